The quantitative estimate of drug-likeness (QED) is 0.859. The number of hydrogen-bond acceptors (Lipinski definition) is 5. The van der Waals surface area contributed by atoms with Crippen molar-refractivity contribution in [1.82, 2.24) is 9.97 Å². The van der Waals surface area contributed by atoms with Gasteiger partial charge in [-0.3, -0.25) is 0 Å². The minimum absolute atomic E-state index is 0.236. The number of aromatic nitrogens is 2. The highest BCUT2D eigenvalue weighted by Crippen LogP contribution is 2.13. The first-order chi connectivity index (χ1) is 10.8. The normalized spacial score (nSPS) is 17.4. The second-order valence-electron chi connectivity index (χ2n) is 5.26. The van der Waals surface area contributed by atoms with Crippen molar-refractivity contribution in [3.63, 3.8) is 0 Å². The molecule has 0 aliphatic carbocycles. The van der Waals surface area contributed by atoms with Crippen molar-refractivity contribution >= 4 is 11.8 Å². The largest absolute Gasteiger partial charge is 0.376 e. The molecule has 0 radical (unpaired) electrons. The standard InChI is InChI=1S/C16H19FN4O/c17-13-5-3-12(4-6-13)10-20-16-18-8-7-15(21-16)19-11-14-2-1-9-22-14/h3-8,14H,1-2,9-11H2,(H2,18,19,20,21). The average Bonchev–Trinajstić information content (AvgIpc) is 3.06. The van der Waals surface area contributed by atoms with Gasteiger partial charge in [-0.25, -0.2) is 9.37 Å². The molecule has 6 heteroatoms. The zero-order valence-corrected chi connectivity index (χ0v) is 12.3. The Morgan fingerprint density at radius 2 is 2.05 bits per heavy atom. The van der Waals surface area contributed by atoms with Gasteiger partial charge in [-0.05, 0) is 36.6 Å². The third kappa shape index (κ3) is 4.14. The first-order valence-electron chi connectivity index (χ1n) is 7.46. The van der Waals surface area contributed by atoms with Crippen LogP contribution in [0.5, 0.6) is 0 Å². The molecule has 0 spiro atoms. The van der Waals surface area contributed by atoms with Crippen molar-refractivity contribution in [2.24, 2.45) is 0 Å². The van der Waals surface area contributed by atoms with Gasteiger partial charge >= 0.3 is 0 Å². The third-order valence-corrected chi connectivity index (χ3v) is 3.55. The Hall–Kier alpha value is -2.21. The molecule has 1 unspecified atom stereocenters. The summed E-state index contributed by atoms with van der Waals surface area (Å²) < 4.78 is 18.4. The van der Waals surface area contributed by atoms with Crippen LogP contribution in [0.2, 0.25) is 0 Å². The molecule has 1 fully saturated rings. The van der Waals surface area contributed by atoms with Gasteiger partial charge in [0.25, 0.3) is 0 Å². The molecule has 2 aromatic rings. The van der Waals surface area contributed by atoms with Crippen LogP contribution in [-0.4, -0.2) is 29.2 Å². The average molecular weight is 302 g/mol. The van der Waals surface area contributed by atoms with E-state index in [0.29, 0.717) is 12.5 Å². The lowest BCUT2D eigenvalue weighted by Crippen LogP contribution is -2.19. The molecule has 0 amide bonds. The summed E-state index contributed by atoms with van der Waals surface area (Å²) in [5, 5.41) is 6.40. The lowest BCUT2D eigenvalue weighted by atomic mass is 10.2. The van der Waals surface area contributed by atoms with Crippen LogP contribution in [0.4, 0.5) is 16.2 Å². The van der Waals surface area contributed by atoms with Gasteiger partial charge in [0.1, 0.15) is 11.6 Å². The van der Waals surface area contributed by atoms with Crippen LogP contribution < -0.4 is 10.6 Å². The minimum atomic E-state index is -0.236. The van der Waals surface area contributed by atoms with Gasteiger partial charge in [0.15, 0.2) is 0 Å². The van der Waals surface area contributed by atoms with Crippen molar-refractivity contribution in [3.05, 3.63) is 47.9 Å². The molecule has 22 heavy (non-hydrogen) atoms. The number of benzene rings is 1. The minimum Gasteiger partial charge on any atom is -0.376 e. The van der Waals surface area contributed by atoms with Crippen molar-refractivity contribution in [2.45, 2.75) is 25.5 Å². The summed E-state index contributed by atoms with van der Waals surface area (Å²) in [6, 6.07) is 8.19. The molecule has 2 N–H and O–H groups in total. The lowest BCUT2D eigenvalue weighted by molar-refractivity contribution is 0.120. The summed E-state index contributed by atoms with van der Waals surface area (Å²) in [7, 11) is 0. The fourth-order valence-electron chi connectivity index (χ4n) is 2.35. The Morgan fingerprint density at radius 1 is 1.18 bits per heavy atom. The number of anilines is 2. The summed E-state index contributed by atoms with van der Waals surface area (Å²) >= 11 is 0. The molecule has 3 rings (SSSR count). The van der Waals surface area contributed by atoms with Gasteiger partial charge in [0.05, 0.1) is 6.10 Å². The maximum atomic E-state index is 12.9. The highest BCUT2D eigenvalue weighted by atomic mass is 19.1. The molecule has 0 saturated carbocycles. The van der Waals surface area contributed by atoms with Crippen LogP contribution in [0.3, 0.4) is 0 Å². The predicted octanol–water partition coefficient (Wildman–Crippen LogP) is 2.82. The number of rotatable bonds is 6. The molecule has 1 aromatic carbocycles. The van der Waals surface area contributed by atoms with Crippen LogP contribution in [0.25, 0.3) is 0 Å². The Morgan fingerprint density at radius 3 is 2.82 bits per heavy atom. The van der Waals surface area contributed by atoms with Crippen LogP contribution in [-0.2, 0) is 11.3 Å². The van der Waals surface area contributed by atoms with E-state index < -0.39 is 0 Å². The number of halogens is 1. The van der Waals surface area contributed by atoms with E-state index in [2.05, 4.69) is 20.6 Å². The SMILES string of the molecule is Fc1ccc(CNc2nccc(NCC3CCCO3)n2)cc1. The molecule has 1 aliphatic heterocycles. The summed E-state index contributed by atoms with van der Waals surface area (Å²) in [6.45, 7) is 2.16. The smallest absolute Gasteiger partial charge is 0.224 e. The molecule has 1 saturated heterocycles. The lowest BCUT2D eigenvalue weighted by Gasteiger charge is -2.12. The molecule has 1 atom stereocenters. The Balaban J connectivity index is 1.52. The van der Waals surface area contributed by atoms with Crippen molar-refractivity contribution in [3.8, 4) is 0 Å². The molecule has 1 aliphatic rings. The van der Waals surface area contributed by atoms with Crippen molar-refractivity contribution < 1.29 is 9.13 Å². The van der Waals surface area contributed by atoms with Gasteiger partial charge in [-0.15, -0.1) is 0 Å². The molecule has 0 bridgehead atoms. The van der Waals surface area contributed by atoms with Gasteiger partial charge in [-0.1, -0.05) is 12.1 Å². The predicted molar refractivity (Wildman–Crippen MR) is 83.2 cm³/mol. The van der Waals surface area contributed by atoms with Crippen LogP contribution in [0.15, 0.2) is 36.5 Å². The Kier molecular flexibility index (Phi) is 4.80. The highest BCUT2D eigenvalue weighted by molar-refractivity contribution is 5.40. The molecule has 2 heterocycles. The molecule has 5 nitrogen and oxygen atoms in total. The van der Waals surface area contributed by atoms with E-state index in [-0.39, 0.29) is 11.9 Å². The van der Waals surface area contributed by atoms with E-state index >= 15 is 0 Å². The van der Waals surface area contributed by atoms with E-state index in [4.69, 9.17) is 4.74 Å². The van der Waals surface area contributed by atoms with E-state index in [9.17, 15) is 4.39 Å². The summed E-state index contributed by atoms with van der Waals surface area (Å²) in [5.41, 5.74) is 0.975. The van der Waals surface area contributed by atoms with Crippen molar-refractivity contribution in [2.75, 3.05) is 23.8 Å². The zero-order valence-electron chi connectivity index (χ0n) is 12.3. The van der Waals surface area contributed by atoms with E-state index in [1.54, 1.807) is 18.3 Å². The van der Waals surface area contributed by atoms with E-state index in [1.165, 1.54) is 12.1 Å². The third-order valence-electron chi connectivity index (χ3n) is 3.55. The molecular formula is C16H19FN4O. The van der Waals surface area contributed by atoms with Crippen molar-refractivity contribution in [1.29, 1.82) is 0 Å². The van der Waals surface area contributed by atoms with Gasteiger partial charge in [0.2, 0.25) is 5.95 Å². The molecular weight excluding hydrogens is 283 g/mol. The number of nitrogens with zero attached hydrogens (tertiary/aromatic N) is 2. The van der Waals surface area contributed by atoms with Gasteiger partial charge in [-0.2, -0.15) is 4.98 Å². The first kappa shape index (κ1) is 14.7. The summed E-state index contributed by atoms with van der Waals surface area (Å²) in [4.78, 5) is 8.59. The maximum Gasteiger partial charge on any atom is 0.224 e. The fraction of sp³-hybridized carbons (Fsp3) is 0.375. The van der Waals surface area contributed by atoms with E-state index in [0.717, 1.165) is 37.4 Å². The van der Waals surface area contributed by atoms with Crippen LogP contribution >= 0.6 is 0 Å². The second-order valence-corrected chi connectivity index (χ2v) is 5.26. The summed E-state index contributed by atoms with van der Waals surface area (Å²) in [6.07, 6.45) is 4.19. The second kappa shape index (κ2) is 7.17. The maximum absolute atomic E-state index is 12.9. The highest BCUT2D eigenvalue weighted by Gasteiger charge is 2.15. The number of ether oxygens (including phenoxy) is 1. The molecule has 1 aromatic heterocycles. The monoisotopic (exact) mass is 302 g/mol. The summed E-state index contributed by atoms with van der Waals surface area (Å²) in [5.74, 6) is 1.08. The zero-order chi connectivity index (χ0) is 15.2. The van der Waals surface area contributed by atoms with Crippen LogP contribution in [0, 0.1) is 5.82 Å². The van der Waals surface area contributed by atoms with Crippen LogP contribution in [0.1, 0.15) is 18.4 Å². The number of nitrogens with one attached hydrogen (secondary N) is 2. The Bertz CT molecular complexity index is 599. The van der Waals surface area contributed by atoms with Gasteiger partial charge in [0, 0.05) is 25.9 Å². The number of hydrogen-bond donors (Lipinski definition) is 2. The fourth-order valence-corrected chi connectivity index (χ4v) is 2.35. The Labute approximate surface area is 128 Å². The topological polar surface area (TPSA) is 59.1 Å². The van der Waals surface area contributed by atoms with Gasteiger partial charge < -0.3 is 15.4 Å². The first-order valence-corrected chi connectivity index (χ1v) is 7.46. The molecule has 116 valence electrons. The van der Waals surface area contributed by atoms with E-state index in [1.807, 2.05) is 6.07 Å².